The summed E-state index contributed by atoms with van der Waals surface area (Å²) in [5.41, 5.74) is 0. The SMILES string of the molecule is CC(C)(C)P1(=O)CCNCC1. The van der Waals surface area contributed by atoms with Crippen molar-refractivity contribution in [2.45, 2.75) is 25.9 Å². The third-order valence-corrected chi connectivity index (χ3v) is 6.86. The van der Waals surface area contributed by atoms with E-state index in [-0.39, 0.29) is 5.16 Å². The smallest absolute Gasteiger partial charge is 0.0952 e. The Morgan fingerprint density at radius 1 is 1.18 bits per heavy atom. The summed E-state index contributed by atoms with van der Waals surface area (Å²) in [5.74, 6) is 0. The zero-order chi connectivity index (χ0) is 8.54. The second kappa shape index (κ2) is 2.91. The molecule has 2 nitrogen and oxygen atoms in total. The van der Waals surface area contributed by atoms with Gasteiger partial charge in [0.25, 0.3) is 0 Å². The Morgan fingerprint density at radius 3 is 1.91 bits per heavy atom. The molecule has 0 amide bonds. The van der Waals surface area contributed by atoms with Gasteiger partial charge in [0, 0.05) is 30.6 Å². The lowest BCUT2D eigenvalue weighted by atomic mass is 10.3. The molecule has 0 bridgehead atoms. The standard InChI is InChI=1S/C8H18NOP/c1-8(2,3)11(10)6-4-9-5-7-11/h9H,4-7H2,1-3H3. The lowest BCUT2D eigenvalue weighted by Gasteiger charge is -2.34. The first kappa shape index (κ1) is 9.28. The van der Waals surface area contributed by atoms with Crippen LogP contribution in [-0.4, -0.2) is 30.6 Å². The Bertz CT molecular complexity index is 173. The minimum absolute atomic E-state index is 0.0229. The summed E-state index contributed by atoms with van der Waals surface area (Å²) in [7, 11) is -1.86. The van der Waals surface area contributed by atoms with E-state index in [1.54, 1.807) is 0 Å². The van der Waals surface area contributed by atoms with Gasteiger partial charge in [-0.15, -0.1) is 0 Å². The van der Waals surface area contributed by atoms with Crippen molar-refractivity contribution in [3.63, 3.8) is 0 Å². The van der Waals surface area contributed by atoms with Crippen LogP contribution in [0, 0.1) is 0 Å². The molecule has 11 heavy (non-hydrogen) atoms. The molecular formula is C8H18NOP. The van der Waals surface area contributed by atoms with Crippen molar-refractivity contribution in [1.29, 1.82) is 0 Å². The van der Waals surface area contributed by atoms with E-state index in [9.17, 15) is 4.57 Å². The Hall–Kier alpha value is 0.190. The van der Waals surface area contributed by atoms with Crippen LogP contribution in [-0.2, 0) is 4.57 Å². The van der Waals surface area contributed by atoms with Crippen LogP contribution in [0.3, 0.4) is 0 Å². The van der Waals surface area contributed by atoms with E-state index < -0.39 is 7.14 Å². The molecule has 1 fully saturated rings. The molecule has 0 aromatic carbocycles. The monoisotopic (exact) mass is 175 g/mol. The van der Waals surface area contributed by atoms with Gasteiger partial charge in [0.15, 0.2) is 0 Å². The third kappa shape index (κ3) is 1.86. The van der Waals surface area contributed by atoms with Crippen LogP contribution >= 0.6 is 7.14 Å². The summed E-state index contributed by atoms with van der Waals surface area (Å²) in [4.78, 5) is 0. The second-order valence-electron chi connectivity index (χ2n) is 4.26. The molecule has 66 valence electrons. The van der Waals surface area contributed by atoms with E-state index in [1.807, 2.05) is 0 Å². The lowest BCUT2D eigenvalue weighted by Crippen LogP contribution is -2.34. The van der Waals surface area contributed by atoms with E-state index in [0.717, 1.165) is 25.4 Å². The molecule has 3 heteroatoms. The van der Waals surface area contributed by atoms with Crippen molar-refractivity contribution < 1.29 is 4.57 Å². The van der Waals surface area contributed by atoms with Gasteiger partial charge in [-0.1, -0.05) is 20.8 Å². The first-order chi connectivity index (χ1) is 4.96. The number of nitrogens with one attached hydrogen (secondary N) is 1. The van der Waals surface area contributed by atoms with Crippen LogP contribution in [0.15, 0.2) is 0 Å². The van der Waals surface area contributed by atoms with Crippen LogP contribution < -0.4 is 5.32 Å². The van der Waals surface area contributed by atoms with Crippen molar-refractivity contribution in [1.82, 2.24) is 5.32 Å². The summed E-state index contributed by atoms with van der Waals surface area (Å²) < 4.78 is 12.2. The minimum Gasteiger partial charge on any atom is -0.323 e. The first-order valence-corrected chi connectivity index (χ1v) is 6.32. The van der Waals surface area contributed by atoms with Crippen molar-refractivity contribution in [2.24, 2.45) is 0 Å². The number of hydrogen-bond acceptors (Lipinski definition) is 2. The zero-order valence-electron chi connectivity index (χ0n) is 7.68. The Morgan fingerprint density at radius 2 is 1.64 bits per heavy atom. The summed E-state index contributed by atoms with van der Waals surface area (Å²) in [5, 5.41) is 3.26. The van der Waals surface area contributed by atoms with Gasteiger partial charge in [0.2, 0.25) is 0 Å². The maximum Gasteiger partial charge on any atom is 0.0952 e. The van der Waals surface area contributed by atoms with Gasteiger partial charge in [-0.25, -0.2) is 0 Å². The zero-order valence-corrected chi connectivity index (χ0v) is 8.58. The van der Waals surface area contributed by atoms with E-state index in [2.05, 4.69) is 26.1 Å². The summed E-state index contributed by atoms with van der Waals surface area (Å²) in [6, 6.07) is 0. The summed E-state index contributed by atoms with van der Waals surface area (Å²) in [6.07, 6.45) is 1.77. The molecule has 1 saturated heterocycles. The fourth-order valence-electron chi connectivity index (χ4n) is 1.43. The van der Waals surface area contributed by atoms with Gasteiger partial charge in [-0.05, 0) is 0 Å². The van der Waals surface area contributed by atoms with Gasteiger partial charge >= 0.3 is 0 Å². The average molecular weight is 175 g/mol. The molecule has 1 aliphatic heterocycles. The molecule has 0 aliphatic carbocycles. The predicted octanol–water partition coefficient (Wildman–Crippen LogP) is 1.75. The molecule has 0 aromatic heterocycles. The van der Waals surface area contributed by atoms with Gasteiger partial charge < -0.3 is 9.88 Å². The van der Waals surface area contributed by atoms with E-state index in [0.29, 0.717) is 0 Å². The lowest BCUT2D eigenvalue weighted by molar-refractivity contribution is 0.534. The molecular weight excluding hydrogens is 157 g/mol. The van der Waals surface area contributed by atoms with Crippen molar-refractivity contribution >= 4 is 7.14 Å². The van der Waals surface area contributed by atoms with Crippen LogP contribution in [0.25, 0.3) is 0 Å². The normalized spacial score (nSPS) is 25.0. The highest BCUT2D eigenvalue weighted by molar-refractivity contribution is 7.65. The van der Waals surface area contributed by atoms with Crippen LogP contribution in [0.4, 0.5) is 0 Å². The number of hydrogen-bond donors (Lipinski definition) is 1. The highest BCUT2D eigenvalue weighted by Crippen LogP contribution is 2.57. The predicted molar refractivity (Wildman–Crippen MR) is 50.0 cm³/mol. The van der Waals surface area contributed by atoms with Gasteiger partial charge in [-0.2, -0.15) is 0 Å². The summed E-state index contributed by atoms with van der Waals surface area (Å²) >= 11 is 0. The molecule has 1 aliphatic rings. The maximum absolute atomic E-state index is 12.2. The van der Waals surface area contributed by atoms with Crippen LogP contribution in [0.5, 0.6) is 0 Å². The molecule has 0 atom stereocenters. The minimum atomic E-state index is -1.86. The second-order valence-corrected chi connectivity index (χ2v) is 8.27. The van der Waals surface area contributed by atoms with Gasteiger partial charge in [0.1, 0.15) is 0 Å². The molecule has 0 unspecified atom stereocenters. The fourth-order valence-corrected chi connectivity index (χ4v) is 4.03. The highest BCUT2D eigenvalue weighted by atomic mass is 31.2. The van der Waals surface area contributed by atoms with Gasteiger partial charge in [0.05, 0.1) is 7.14 Å². The van der Waals surface area contributed by atoms with Gasteiger partial charge in [-0.3, -0.25) is 0 Å². The molecule has 0 aromatic rings. The molecule has 1 N–H and O–H groups in total. The van der Waals surface area contributed by atoms with E-state index in [1.165, 1.54) is 0 Å². The molecule has 0 radical (unpaired) electrons. The molecule has 0 spiro atoms. The Labute approximate surface area is 69.1 Å². The molecule has 1 rings (SSSR count). The van der Waals surface area contributed by atoms with Crippen molar-refractivity contribution in [2.75, 3.05) is 25.4 Å². The van der Waals surface area contributed by atoms with Crippen molar-refractivity contribution in [3.8, 4) is 0 Å². The van der Waals surface area contributed by atoms with Crippen LogP contribution in [0.2, 0.25) is 0 Å². The maximum atomic E-state index is 12.2. The summed E-state index contributed by atoms with van der Waals surface area (Å²) in [6.45, 7) is 8.17. The van der Waals surface area contributed by atoms with Crippen LogP contribution in [0.1, 0.15) is 20.8 Å². The molecule has 0 saturated carbocycles. The van der Waals surface area contributed by atoms with E-state index >= 15 is 0 Å². The average Bonchev–Trinajstić information content (AvgIpc) is 1.87. The topological polar surface area (TPSA) is 29.1 Å². The Kier molecular flexibility index (Phi) is 2.46. The van der Waals surface area contributed by atoms with E-state index in [4.69, 9.17) is 0 Å². The van der Waals surface area contributed by atoms with Crippen molar-refractivity contribution in [3.05, 3.63) is 0 Å². The third-order valence-electron chi connectivity index (χ3n) is 2.52. The fraction of sp³-hybridized carbons (Fsp3) is 1.00. The highest BCUT2D eigenvalue weighted by Gasteiger charge is 2.36. The first-order valence-electron chi connectivity index (χ1n) is 4.25. The molecule has 1 heterocycles. The quantitative estimate of drug-likeness (QED) is 0.568. The Balaban J connectivity index is 2.73. The number of rotatable bonds is 0. The largest absolute Gasteiger partial charge is 0.323 e.